The van der Waals surface area contributed by atoms with Gasteiger partial charge in [0, 0.05) is 38.3 Å². The number of benzene rings is 2. The molecule has 1 atom stereocenters. The number of aryl methyl sites for hydroxylation is 2. The van der Waals surface area contributed by atoms with Gasteiger partial charge in [-0.1, -0.05) is 45.0 Å². The number of nitrogens with two attached hydrogens (primary N) is 2. The van der Waals surface area contributed by atoms with Crippen molar-refractivity contribution in [2.24, 2.45) is 11.3 Å². The summed E-state index contributed by atoms with van der Waals surface area (Å²) in [7, 11) is 1.82. The average molecular weight is 488 g/mol. The smallest absolute Gasteiger partial charge is 0.142 e. The minimum Gasteiger partial charge on any atom is -0.490 e. The minimum absolute atomic E-state index is 0.00328. The molecule has 4 rings (SSSR count). The number of pyridine rings is 1. The number of hydrazine groups is 1. The van der Waals surface area contributed by atoms with Crippen LogP contribution in [0.3, 0.4) is 0 Å². The Labute approximate surface area is 216 Å². The molecule has 36 heavy (non-hydrogen) atoms. The van der Waals surface area contributed by atoms with Gasteiger partial charge in [0.25, 0.3) is 0 Å². The number of hydrogen-bond acceptors (Lipinski definition) is 6. The molecule has 3 aromatic rings. The monoisotopic (exact) mass is 487 g/mol. The highest BCUT2D eigenvalue weighted by Crippen LogP contribution is 2.44. The molecule has 2 aromatic carbocycles. The molecule has 2 heterocycles. The van der Waals surface area contributed by atoms with Crippen LogP contribution in [-0.4, -0.2) is 30.1 Å². The van der Waals surface area contributed by atoms with Crippen molar-refractivity contribution in [3.8, 4) is 5.75 Å². The van der Waals surface area contributed by atoms with Gasteiger partial charge in [-0.2, -0.15) is 0 Å². The van der Waals surface area contributed by atoms with Gasteiger partial charge in [0.05, 0.1) is 17.1 Å². The van der Waals surface area contributed by atoms with Crippen molar-refractivity contribution in [3.63, 3.8) is 0 Å². The van der Waals surface area contributed by atoms with Gasteiger partial charge in [-0.15, -0.1) is 0 Å². The molecule has 0 spiro atoms. The molecular weight excluding hydrogens is 446 g/mol. The largest absolute Gasteiger partial charge is 0.490 e. The second-order valence-electron chi connectivity index (χ2n) is 11.3. The first-order chi connectivity index (χ1) is 17.0. The van der Waals surface area contributed by atoms with Crippen molar-refractivity contribution < 1.29 is 4.74 Å². The van der Waals surface area contributed by atoms with E-state index >= 15 is 0 Å². The molecule has 192 valence electrons. The maximum absolute atomic E-state index is 6.54. The summed E-state index contributed by atoms with van der Waals surface area (Å²) in [6.07, 6.45) is 0. The molecule has 0 aliphatic carbocycles. The van der Waals surface area contributed by atoms with E-state index in [0.717, 1.165) is 53.7 Å². The fourth-order valence-electron chi connectivity index (χ4n) is 5.33. The quantitative estimate of drug-likeness (QED) is 0.282. The first-order valence-corrected chi connectivity index (χ1v) is 12.7. The van der Waals surface area contributed by atoms with Crippen LogP contribution in [0.5, 0.6) is 5.75 Å². The van der Waals surface area contributed by atoms with Crippen LogP contribution in [0.15, 0.2) is 42.5 Å². The van der Waals surface area contributed by atoms with Gasteiger partial charge in [-0.05, 0) is 72.2 Å². The Morgan fingerprint density at radius 2 is 1.83 bits per heavy atom. The maximum atomic E-state index is 6.54. The summed E-state index contributed by atoms with van der Waals surface area (Å²) in [6, 6.07) is 15.2. The Bertz CT molecular complexity index is 1240. The van der Waals surface area contributed by atoms with Crippen molar-refractivity contribution in [1.29, 1.82) is 0 Å². The maximum Gasteiger partial charge on any atom is 0.142 e. The number of anilines is 2. The van der Waals surface area contributed by atoms with Gasteiger partial charge < -0.3 is 15.5 Å². The number of fused-ring (bicyclic) bond motifs is 1. The van der Waals surface area contributed by atoms with Crippen molar-refractivity contribution in [2.75, 3.05) is 30.9 Å². The Hall–Kier alpha value is -3.09. The molecule has 1 aromatic heterocycles. The predicted molar refractivity (Wildman–Crippen MR) is 149 cm³/mol. The molecule has 0 saturated carbocycles. The summed E-state index contributed by atoms with van der Waals surface area (Å²) < 4.78 is 5.99. The Kier molecular flexibility index (Phi) is 7.30. The normalized spacial score (nSPS) is 15.1. The Morgan fingerprint density at radius 3 is 2.53 bits per heavy atom. The van der Waals surface area contributed by atoms with Gasteiger partial charge in [0.1, 0.15) is 12.4 Å². The van der Waals surface area contributed by atoms with Crippen LogP contribution in [0, 0.1) is 26.2 Å². The molecule has 1 unspecified atom stereocenters. The molecule has 0 fully saturated rings. The van der Waals surface area contributed by atoms with E-state index in [2.05, 4.69) is 63.8 Å². The van der Waals surface area contributed by atoms with Crippen LogP contribution in [0.4, 0.5) is 11.4 Å². The van der Waals surface area contributed by atoms with Crippen LogP contribution in [0.25, 0.3) is 0 Å². The number of nitrogen functional groups attached to an aromatic ring is 1. The summed E-state index contributed by atoms with van der Waals surface area (Å²) in [6.45, 7) is 16.4. The highest BCUT2D eigenvalue weighted by Gasteiger charge is 2.31. The van der Waals surface area contributed by atoms with E-state index in [-0.39, 0.29) is 11.3 Å². The molecule has 6 nitrogen and oxygen atoms in total. The van der Waals surface area contributed by atoms with E-state index in [0.29, 0.717) is 6.61 Å². The van der Waals surface area contributed by atoms with E-state index in [9.17, 15) is 0 Å². The number of nitrogens with zero attached hydrogens (tertiary/aromatic N) is 3. The van der Waals surface area contributed by atoms with E-state index < -0.39 is 0 Å². The standard InChI is InChI=1S/C30H41N5O/c1-19-8-10-22(28(30(4,5)6)24-11-12-26(34(7)32)29(31)21(24)3)16-23(19)17-35-14-15-36-27-13-9-20(2)33-25(27)18-35/h8-13,16,28H,14-15,17-18,31-32H2,1-7H3. The fraction of sp³-hybridized carbons (Fsp3) is 0.433. The molecule has 4 N–H and O–H groups in total. The molecule has 1 aliphatic rings. The Morgan fingerprint density at radius 1 is 1.08 bits per heavy atom. The third-order valence-electron chi connectivity index (χ3n) is 7.30. The number of hydrogen-bond donors (Lipinski definition) is 2. The lowest BCUT2D eigenvalue weighted by Crippen LogP contribution is -2.27. The molecule has 0 saturated heterocycles. The fourth-order valence-corrected chi connectivity index (χ4v) is 5.33. The van der Waals surface area contributed by atoms with Gasteiger partial charge in [-0.3, -0.25) is 9.88 Å². The first-order valence-electron chi connectivity index (χ1n) is 12.7. The van der Waals surface area contributed by atoms with Crippen LogP contribution in [0.2, 0.25) is 0 Å². The third-order valence-corrected chi connectivity index (χ3v) is 7.30. The van der Waals surface area contributed by atoms with E-state index in [4.69, 9.17) is 21.3 Å². The zero-order chi connectivity index (χ0) is 26.2. The topological polar surface area (TPSA) is 80.6 Å². The molecule has 0 radical (unpaired) electrons. The number of rotatable bonds is 5. The lowest BCUT2D eigenvalue weighted by Gasteiger charge is -2.34. The number of ether oxygens (including phenoxy) is 1. The molecule has 1 aliphatic heterocycles. The zero-order valence-electron chi connectivity index (χ0n) is 22.9. The Balaban J connectivity index is 1.69. The van der Waals surface area contributed by atoms with E-state index in [1.54, 1.807) is 5.01 Å². The van der Waals surface area contributed by atoms with E-state index in [1.165, 1.54) is 22.3 Å². The van der Waals surface area contributed by atoms with Gasteiger partial charge >= 0.3 is 0 Å². The molecule has 0 bridgehead atoms. The molecular formula is C30H41N5O. The number of aromatic nitrogens is 1. The van der Waals surface area contributed by atoms with Crippen LogP contribution < -0.4 is 21.3 Å². The second-order valence-corrected chi connectivity index (χ2v) is 11.3. The average Bonchev–Trinajstić information content (AvgIpc) is 2.99. The third kappa shape index (κ3) is 5.35. The minimum atomic E-state index is -0.00328. The summed E-state index contributed by atoms with van der Waals surface area (Å²) in [5, 5.41) is 1.58. The second kappa shape index (κ2) is 10.1. The summed E-state index contributed by atoms with van der Waals surface area (Å²) in [5.74, 6) is 7.11. The molecule has 0 amide bonds. The SMILES string of the molecule is Cc1ccc2c(n1)CN(Cc1cc(C(c3ccc(N(C)N)c(N)c3C)C(C)(C)C)ccc1C)CCO2. The zero-order valence-corrected chi connectivity index (χ0v) is 22.9. The highest BCUT2D eigenvalue weighted by atomic mass is 16.5. The lowest BCUT2D eigenvalue weighted by molar-refractivity contribution is 0.218. The highest BCUT2D eigenvalue weighted by molar-refractivity contribution is 5.72. The molecule has 6 heteroatoms. The van der Waals surface area contributed by atoms with Gasteiger partial charge in [0.2, 0.25) is 0 Å². The summed E-state index contributed by atoms with van der Waals surface area (Å²) >= 11 is 0. The lowest BCUT2D eigenvalue weighted by atomic mass is 9.71. The first kappa shape index (κ1) is 26.0. The van der Waals surface area contributed by atoms with E-state index in [1.807, 2.05) is 32.2 Å². The van der Waals surface area contributed by atoms with Crippen molar-refractivity contribution in [2.45, 2.75) is 60.5 Å². The van der Waals surface area contributed by atoms with Crippen LogP contribution in [0.1, 0.15) is 65.9 Å². The van der Waals surface area contributed by atoms with Crippen molar-refractivity contribution in [3.05, 3.63) is 81.7 Å². The summed E-state index contributed by atoms with van der Waals surface area (Å²) in [5.41, 5.74) is 16.4. The predicted octanol–water partition coefficient (Wildman–Crippen LogP) is 5.47. The van der Waals surface area contributed by atoms with Crippen molar-refractivity contribution in [1.82, 2.24) is 9.88 Å². The van der Waals surface area contributed by atoms with Crippen LogP contribution in [-0.2, 0) is 13.1 Å². The van der Waals surface area contributed by atoms with Gasteiger partial charge in [-0.25, -0.2) is 5.84 Å². The summed E-state index contributed by atoms with van der Waals surface area (Å²) in [4.78, 5) is 7.19. The van der Waals surface area contributed by atoms with Crippen LogP contribution >= 0.6 is 0 Å². The van der Waals surface area contributed by atoms with Gasteiger partial charge in [0.15, 0.2) is 0 Å². The van der Waals surface area contributed by atoms with Crippen molar-refractivity contribution >= 4 is 11.4 Å².